The summed E-state index contributed by atoms with van der Waals surface area (Å²) in [5.41, 5.74) is 1.50. The fourth-order valence-corrected chi connectivity index (χ4v) is 6.85. The highest BCUT2D eigenvalue weighted by atomic mass is 35.5. The largest absolute Gasteiger partial charge is 0.354 e. The van der Waals surface area contributed by atoms with Crippen LogP contribution in [0, 0.1) is 0 Å². The van der Waals surface area contributed by atoms with Crippen molar-refractivity contribution in [1.29, 1.82) is 0 Å². The number of benzene rings is 4. The average molecular weight is 673 g/mol. The number of sulfonamides is 1. The molecule has 0 spiro atoms. The Morgan fingerprint density at radius 3 is 2.09 bits per heavy atom. The van der Waals surface area contributed by atoms with Gasteiger partial charge in [-0.2, -0.15) is 0 Å². The first-order chi connectivity index (χ1) is 21.1. The second-order valence-corrected chi connectivity index (χ2v) is 13.1. The Morgan fingerprint density at radius 2 is 1.45 bits per heavy atom. The van der Waals surface area contributed by atoms with Gasteiger partial charge in [0.15, 0.2) is 0 Å². The minimum Gasteiger partial charge on any atom is -0.354 e. The van der Waals surface area contributed by atoms with Gasteiger partial charge in [-0.25, -0.2) is 8.42 Å². The normalized spacial score (nSPS) is 11.9. The Bertz CT molecular complexity index is 1690. The fourth-order valence-electron chi connectivity index (χ4n) is 4.64. The van der Waals surface area contributed by atoms with Crippen molar-refractivity contribution >= 4 is 62.3 Å². The van der Waals surface area contributed by atoms with E-state index in [1.54, 1.807) is 54.6 Å². The number of carbonyl (C=O) groups is 2. The molecule has 0 saturated carbocycles. The Morgan fingerprint density at radius 1 is 0.818 bits per heavy atom. The van der Waals surface area contributed by atoms with Gasteiger partial charge in [-0.05, 0) is 53.9 Å². The number of amides is 2. The van der Waals surface area contributed by atoms with Crippen LogP contribution in [0.2, 0.25) is 15.1 Å². The molecule has 0 fully saturated rings. The van der Waals surface area contributed by atoms with Crippen LogP contribution in [0.4, 0.5) is 5.69 Å². The van der Waals surface area contributed by atoms with E-state index < -0.39 is 28.5 Å². The van der Waals surface area contributed by atoms with Crippen LogP contribution in [-0.4, -0.2) is 44.3 Å². The van der Waals surface area contributed by atoms with Gasteiger partial charge in [0.2, 0.25) is 11.8 Å². The van der Waals surface area contributed by atoms with Gasteiger partial charge in [-0.3, -0.25) is 13.9 Å². The number of hydrogen-bond acceptors (Lipinski definition) is 4. The van der Waals surface area contributed by atoms with E-state index in [1.165, 1.54) is 23.1 Å². The molecule has 0 aromatic heterocycles. The topological polar surface area (TPSA) is 86.8 Å². The number of carbonyl (C=O) groups excluding carboxylic acids is 2. The predicted molar refractivity (Wildman–Crippen MR) is 177 cm³/mol. The van der Waals surface area contributed by atoms with E-state index in [4.69, 9.17) is 34.8 Å². The molecule has 0 saturated heterocycles. The van der Waals surface area contributed by atoms with Crippen LogP contribution in [-0.2, 0) is 32.6 Å². The molecule has 11 heteroatoms. The van der Waals surface area contributed by atoms with Gasteiger partial charge < -0.3 is 10.2 Å². The number of halogens is 3. The number of rotatable bonds is 13. The minimum atomic E-state index is -4.25. The van der Waals surface area contributed by atoms with Crippen LogP contribution >= 0.6 is 34.8 Å². The predicted octanol–water partition coefficient (Wildman–Crippen LogP) is 7.01. The van der Waals surface area contributed by atoms with Crippen molar-refractivity contribution in [3.8, 4) is 0 Å². The van der Waals surface area contributed by atoms with Crippen LogP contribution in [0.5, 0.6) is 0 Å². The minimum absolute atomic E-state index is 0.0125. The molecule has 4 aromatic carbocycles. The van der Waals surface area contributed by atoms with E-state index in [1.807, 2.05) is 37.3 Å². The van der Waals surface area contributed by atoms with E-state index >= 15 is 0 Å². The van der Waals surface area contributed by atoms with Crippen molar-refractivity contribution < 1.29 is 18.0 Å². The highest BCUT2D eigenvalue weighted by molar-refractivity contribution is 7.92. The maximum Gasteiger partial charge on any atom is 0.264 e. The van der Waals surface area contributed by atoms with Crippen LogP contribution in [0.25, 0.3) is 0 Å². The first-order valence-electron chi connectivity index (χ1n) is 14.0. The molecule has 230 valence electrons. The lowest BCUT2D eigenvalue weighted by molar-refractivity contribution is -0.140. The van der Waals surface area contributed by atoms with Crippen LogP contribution in [0.1, 0.15) is 24.5 Å². The summed E-state index contributed by atoms with van der Waals surface area (Å²) in [5.74, 6) is -0.993. The molecule has 1 N–H and O–H groups in total. The van der Waals surface area contributed by atoms with Gasteiger partial charge in [0, 0.05) is 29.6 Å². The molecule has 4 rings (SSSR count). The van der Waals surface area contributed by atoms with Gasteiger partial charge in [-0.1, -0.05) is 108 Å². The zero-order valence-corrected chi connectivity index (χ0v) is 27.1. The highest BCUT2D eigenvalue weighted by Gasteiger charge is 2.35. The van der Waals surface area contributed by atoms with Crippen molar-refractivity contribution in [2.45, 2.75) is 37.2 Å². The second kappa shape index (κ2) is 15.4. The van der Waals surface area contributed by atoms with Crippen molar-refractivity contribution in [2.24, 2.45) is 0 Å². The van der Waals surface area contributed by atoms with E-state index in [0.29, 0.717) is 28.6 Å². The molecular weight excluding hydrogens is 641 g/mol. The lowest BCUT2D eigenvalue weighted by atomic mass is 10.0. The van der Waals surface area contributed by atoms with E-state index in [2.05, 4.69) is 5.32 Å². The van der Waals surface area contributed by atoms with Crippen molar-refractivity contribution in [2.75, 3.05) is 17.4 Å². The molecule has 0 radical (unpaired) electrons. The number of hydrogen-bond donors (Lipinski definition) is 1. The number of nitrogens with zero attached hydrogens (tertiary/aromatic N) is 2. The maximum absolute atomic E-state index is 14.4. The van der Waals surface area contributed by atoms with Crippen LogP contribution in [0.3, 0.4) is 0 Å². The Labute approximate surface area is 273 Å². The number of nitrogens with one attached hydrogen (secondary N) is 1. The quantitative estimate of drug-likeness (QED) is 0.166. The molecule has 2 amide bonds. The zero-order chi connectivity index (χ0) is 31.7. The Balaban J connectivity index is 1.82. The molecule has 0 aliphatic heterocycles. The van der Waals surface area contributed by atoms with Gasteiger partial charge in [0.25, 0.3) is 10.0 Å². The van der Waals surface area contributed by atoms with Gasteiger partial charge in [0.05, 0.1) is 15.6 Å². The molecule has 0 aliphatic carbocycles. The van der Waals surface area contributed by atoms with Gasteiger partial charge in [0.1, 0.15) is 12.6 Å². The smallest absolute Gasteiger partial charge is 0.264 e. The number of para-hydroxylation sites is 1. The number of anilines is 1. The lowest BCUT2D eigenvalue weighted by Gasteiger charge is -2.34. The first-order valence-corrected chi connectivity index (χ1v) is 16.6. The molecule has 7 nitrogen and oxygen atoms in total. The summed E-state index contributed by atoms with van der Waals surface area (Å²) >= 11 is 19.2. The average Bonchev–Trinajstić information content (AvgIpc) is 3.02. The monoisotopic (exact) mass is 671 g/mol. The summed E-state index contributed by atoms with van der Waals surface area (Å²) in [6.07, 6.45) is 0.876. The summed E-state index contributed by atoms with van der Waals surface area (Å²) in [7, 11) is -4.25. The van der Waals surface area contributed by atoms with Crippen LogP contribution in [0.15, 0.2) is 108 Å². The van der Waals surface area contributed by atoms with Crippen molar-refractivity contribution in [3.05, 3.63) is 129 Å². The molecule has 0 heterocycles. The van der Waals surface area contributed by atoms with Gasteiger partial charge in [-0.15, -0.1) is 0 Å². The Hall–Kier alpha value is -3.56. The van der Waals surface area contributed by atoms with Crippen LogP contribution < -0.4 is 9.62 Å². The Kier molecular flexibility index (Phi) is 11.7. The van der Waals surface area contributed by atoms with E-state index in [0.717, 1.165) is 9.87 Å². The second-order valence-electron chi connectivity index (χ2n) is 10.0. The SMILES string of the molecule is CCCNC(=O)[C@@H](Cc1ccccc1)N(Cc1ccc(Cl)cc1Cl)C(=O)CN(c1ccccc1Cl)S(=O)(=O)c1ccccc1. The highest BCUT2D eigenvalue weighted by Crippen LogP contribution is 2.31. The van der Waals surface area contributed by atoms with Crippen molar-refractivity contribution in [1.82, 2.24) is 10.2 Å². The summed E-state index contributed by atoms with van der Waals surface area (Å²) < 4.78 is 29.0. The van der Waals surface area contributed by atoms with Crippen molar-refractivity contribution in [3.63, 3.8) is 0 Å². The molecule has 0 aliphatic rings. The zero-order valence-electron chi connectivity index (χ0n) is 24.0. The third-order valence-corrected chi connectivity index (χ3v) is 9.59. The molecule has 0 unspecified atom stereocenters. The lowest BCUT2D eigenvalue weighted by Crippen LogP contribution is -2.53. The molecule has 0 bridgehead atoms. The summed E-state index contributed by atoms with van der Waals surface area (Å²) in [6, 6.07) is 27.4. The third-order valence-electron chi connectivity index (χ3n) is 6.91. The summed E-state index contributed by atoms with van der Waals surface area (Å²) in [6.45, 7) is 1.63. The maximum atomic E-state index is 14.4. The molecule has 44 heavy (non-hydrogen) atoms. The first kappa shape index (κ1) is 33.3. The fraction of sp³-hybridized carbons (Fsp3) is 0.212. The third kappa shape index (κ3) is 8.33. The summed E-state index contributed by atoms with van der Waals surface area (Å²) in [4.78, 5) is 29.5. The molecular formula is C33H32Cl3N3O4S. The standard InChI is InChI=1S/C33H32Cl3N3O4S/c1-2-19-37-33(41)31(20-24-11-5-3-6-12-24)38(22-25-17-18-26(34)21-29(25)36)32(40)23-39(30-16-10-9-15-28(30)35)44(42,43)27-13-7-4-8-14-27/h3-18,21,31H,2,19-20,22-23H2,1H3,(H,37,41)/t31-/m1/s1. The van der Waals surface area contributed by atoms with Gasteiger partial charge >= 0.3 is 0 Å². The molecule has 1 atom stereocenters. The molecule has 4 aromatic rings. The summed E-state index contributed by atoms with van der Waals surface area (Å²) in [5, 5.41) is 3.78. The van der Waals surface area contributed by atoms with E-state index in [9.17, 15) is 18.0 Å². The van der Waals surface area contributed by atoms with E-state index in [-0.39, 0.29) is 34.5 Å².